The van der Waals surface area contributed by atoms with Gasteiger partial charge in [-0.05, 0) is 0 Å². The molecule has 0 N–H and O–H groups in total. The molecule has 1 aliphatic rings. The molecule has 1 fully saturated rings. The molecule has 4 atom stereocenters. The highest BCUT2D eigenvalue weighted by atomic mass is 35.5. The molecule has 1 saturated heterocycles. The Morgan fingerprint density at radius 1 is 1.56 bits per heavy atom. The Hall–Kier alpha value is -0.430. The molecular weight excluding hydrogens is 243 g/mol. The number of rotatable bonds is 4. The summed E-state index contributed by atoms with van der Waals surface area (Å²) in [5, 5.41) is -2.41. The van der Waals surface area contributed by atoms with Crippen LogP contribution in [0.3, 0.4) is 0 Å². The molecule has 0 aliphatic carbocycles. The smallest absolute Gasteiger partial charge is 0.305 e. The van der Waals surface area contributed by atoms with Crippen molar-refractivity contribution in [2.24, 2.45) is 0 Å². The van der Waals surface area contributed by atoms with E-state index < -0.39 is 29.6 Å². The van der Waals surface area contributed by atoms with Crippen LogP contribution < -0.4 is 0 Å². The highest BCUT2D eigenvalue weighted by Gasteiger charge is 2.59. The first-order chi connectivity index (χ1) is 7.43. The molecule has 0 amide bonds. The molecule has 0 bridgehead atoms. The fourth-order valence-corrected chi connectivity index (χ4v) is 1.89. The molecule has 0 saturated carbocycles. The minimum Gasteiger partial charge on any atom is -0.431 e. The van der Waals surface area contributed by atoms with Gasteiger partial charge in [-0.1, -0.05) is 11.6 Å². The normalized spacial score (nSPS) is 38.7. The van der Waals surface area contributed by atoms with Gasteiger partial charge in [0.05, 0.1) is 6.61 Å². The van der Waals surface area contributed by atoms with Gasteiger partial charge in [-0.25, -0.2) is 4.39 Å². The predicted octanol–water partition coefficient (Wildman–Crippen LogP) is 0.840. The molecule has 94 valence electrons. The molecular formula is C9H14ClFO5. The van der Waals surface area contributed by atoms with Crippen LogP contribution in [0, 0.1) is 0 Å². The van der Waals surface area contributed by atoms with E-state index in [9.17, 15) is 9.18 Å². The number of hydrogen-bond donors (Lipinski definition) is 0. The summed E-state index contributed by atoms with van der Waals surface area (Å²) in [6.45, 7) is 1.23. The van der Waals surface area contributed by atoms with Crippen LogP contribution in [0.4, 0.5) is 4.39 Å². The molecule has 0 aromatic carbocycles. The lowest BCUT2D eigenvalue weighted by molar-refractivity contribution is -0.186. The molecule has 1 heterocycles. The zero-order valence-electron chi connectivity index (χ0n) is 9.24. The number of halogens is 2. The molecule has 0 aromatic heterocycles. The van der Waals surface area contributed by atoms with Crippen molar-refractivity contribution in [2.75, 3.05) is 20.8 Å². The third-order valence-corrected chi connectivity index (χ3v) is 2.58. The second-order valence-corrected chi connectivity index (χ2v) is 3.98. The quantitative estimate of drug-likeness (QED) is 0.551. The van der Waals surface area contributed by atoms with Crippen molar-refractivity contribution in [3.63, 3.8) is 0 Å². The standard InChI is InChI=1S/C9H14ClFO5/c1-5(12)15-8-9(10,11)7(14-3)6(16-8)4-13-2/h6-8H,4H2,1-3H3/t6-,7-,8?,9?/m1/s1. The Balaban J connectivity index is 2.78. The van der Waals surface area contributed by atoms with Gasteiger partial charge in [-0.3, -0.25) is 4.79 Å². The van der Waals surface area contributed by atoms with Crippen LogP contribution in [0.15, 0.2) is 0 Å². The zero-order chi connectivity index (χ0) is 12.3. The minimum absolute atomic E-state index is 0.0919. The van der Waals surface area contributed by atoms with E-state index in [0.717, 1.165) is 6.92 Å². The largest absolute Gasteiger partial charge is 0.431 e. The topological polar surface area (TPSA) is 54.0 Å². The SMILES string of the molecule is COC[C@H]1OC(OC(C)=O)C(F)(Cl)[C@@H]1OC. The van der Waals surface area contributed by atoms with Crippen molar-refractivity contribution in [3.8, 4) is 0 Å². The molecule has 2 unspecified atom stereocenters. The van der Waals surface area contributed by atoms with E-state index in [4.69, 9.17) is 25.8 Å². The van der Waals surface area contributed by atoms with E-state index in [1.807, 2.05) is 0 Å². The third kappa shape index (κ3) is 2.63. The van der Waals surface area contributed by atoms with Crippen molar-refractivity contribution in [1.29, 1.82) is 0 Å². The van der Waals surface area contributed by atoms with Crippen LogP contribution in [0.5, 0.6) is 0 Å². The summed E-state index contributed by atoms with van der Waals surface area (Å²) in [5.41, 5.74) is 0. The maximum Gasteiger partial charge on any atom is 0.305 e. The highest BCUT2D eigenvalue weighted by molar-refractivity contribution is 6.23. The van der Waals surface area contributed by atoms with E-state index in [-0.39, 0.29) is 6.61 Å². The van der Waals surface area contributed by atoms with Crippen molar-refractivity contribution in [1.82, 2.24) is 0 Å². The number of carbonyl (C=O) groups excluding carboxylic acids is 1. The molecule has 0 spiro atoms. The number of ether oxygens (including phenoxy) is 4. The average molecular weight is 257 g/mol. The summed E-state index contributed by atoms with van der Waals surface area (Å²) in [7, 11) is 2.73. The van der Waals surface area contributed by atoms with Gasteiger partial charge in [-0.2, -0.15) is 0 Å². The minimum atomic E-state index is -2.41. The lowest BCUT2D eigenvalue weighted by Gasteiger charge is -2.22. The predicted molar refractivity (Wildman–Crippen MR) is 52.8 cm³/mol. The fraction of sp³-hybridized carbons (Fsp3) is 0.889. The number of carbonyl (C=O) groups is 1. The second kappa shape index (κ2) is 5.27. The van der Waals surface area contributed by atoms with Crippen LogP contribution in [0.2, 0.25) is 0 Å². The highest BCUT2D eigenvalue weighted by Crippen LogP contribution is 2.40. The lowest BCUT2D eigenvalue weighted by Crippen LogP contribution is -2.42. The summed E-state index contributed by atoms with van der Waals surface area (Å²) < 4.78 is 33.6. The van der Waals surface area contributed by atoms with Gasteiger partial charge in [0.25, 0.3) is 11.4 Å². The summed E-state index contributed by atoms with van der Waals surface area (Å²) >= 11 is 5.62. The number of alkyl halides is 2. The van der Waals surface area contributed by atoms with Gasteiger partial charge < -0.3 is 18.9 Å². The molecule has 0 radical (unpaired) electrons. The van der Waals surface area contributed by atoms with E-state index in [1.54, 1.807) is 0 Å². The molecule has 0 aromatic rings. The summed E-state index contributed by atoms with van der Waals surface area (Å²) in [5.74, 6) is -0.680. The van der Waals surface area contributed by atoms with E-state index in [2.05, 4.69) is 4.74 Å². The van der Waals surface area contributed by atoms with Gasteiger partial charge in [0.1, 0.15) is 12.2 Å². The molecule has 1 rings (SSSR count). The van der Waals surface area contributed by atoms with Crippen LogP contribution in [-0.2, 0) is 23.7 Å². The van der Waals surface area contributed by atoms with E-state index in [1.165, 1.54) is 14.2 Å². The molecule has 7 heteroatoms. The Morgan fingerprint density at radius 3 is 2.62 bits per heavy atom. The maximum absolute atomic E-state index is 14.1. The number of hydrogen-bond acceptors (Lipinski definition) is 5. The Bertz CT molecular complexity index is 260. The van der Waals surface area contributed by atoms with Crippen LogP contribution in [0.25, 0.3) is 0 Å². The van der Waals surface area contributed by atoms with E-state index >= 15 is 0 Å². The molecule has 16 heavy (non-hydrogen) atoms. The van der Waals surface area contributed by atoms with E-state index in [0.29, 0.717) is 0 Å². The lowest BCUT2D eigenvalue weighted by atomic mass is 10.1. The monoisotopic (exact) mass is 256 g/mol. The number of methoxy groups -OCH3 is 2. The third-order valence-electron chi connectivity index (χ3n) is 2.19. The first kappa shape index (κ1) is 13.6. The van der Waals surface area contributed by atoms with Crippen molar-refractivity contribution >= 4 is 17.6 Å². The van der Waals surface area contributed by atoms with Crippen LogP contribution in [-0.4, -0.2) is 50.4 Å². The summed E-state index contributed by atoms with van der Waals surface area (Å²) in [4.78, 5) is 10.7. The van der Waals surface area contributed by atoms with Crippen molar-refractivity contribution < 1.29 is 28.1 Å². The Kier molecular flexibility index (Phi) is 4.49. The molecule has 1 aliphatic heterocycles. The van der Waals surface area contributed by atoms with Crippen molar-refractivity contribution in [2.45, 2.75) is 30.5 Å². The zero-order valence-corrected chi connectivity index (χ0v) is 9.99. The Labute approximate surface area is 97.7 Å². The first-order valence-corrected chi connectivity index (χ1v) is 5.03. The summed E-state index contributed by atoms with van der Waals surface area (Å²) in [6.07, 6.45) is -3.27. The van der Waals surface area contributed by atoms with Gasteiger partial charge >= 0.3 is 5.97 Å². The van der Waals surface area contributed by atoms with Gasteiger partial charge in [0, 0.05) is 21.1 Å². The van der Waals surface area contributed by atoms with Gasteiger partial charge in [-0.15, -0.1) is 0 Å². The van der Waals surface area contributed by atoms with Gasteiger partial charge in [0.2, 0.25) is 0 Å². The number of esters is 1. The summed E-state index contributed by atoms with van der Waals surface area (Å²) in [6, 6.07) is 0. The second-order valence-electron chi connectivity index (χ2n) is 3.40. The molecule has 5 nitrogen and oxygen atoms in total. The fourth-order valence-electron chi connectivity index (χ4n) is 1.56. The van der Waals surface area contributed by atoms with Crippen LogP contribution >= 0.6 is 11.6 Å². The Morgan fingerprint density at radius 2 is 2.19 bits per heavy atom. The maximum atomic E-state index is 14.1. The van der Waals surface area contributed by atoms with Crippen LogP contribution in [0.1, 0.15) is 6.92 Å². The first-order valence-electron chi connectivity index (χ1n) is 4.65. The van der Waals surface area contributed by atoms with Crippen molar-refractivity contribution in [3.05, 3.63) is 0 Å². The average Bonchev–Trinajstić information content (AvgIpc) is 2.38. The van der Waals surface area contributed by atoms with Gasteiger partial charge in [0.15, 0.2) is 0 Å².